The fraction of sp³-hybridized carbons (Fsp3) is 0.471. The van der Waals surface area contributed by atoms with Crippen LogP contribution in [0.5, 0.6) is 5.75 Å². The van der Waals surface area contributed by atoms with E-state index in [2.05, 4.69) is 23.7 Å². The number of benzene rings is 1. The van der Waals surface area contributed by atoms with Crippen molar-refractivity contribution in [3.8, 4) is 17.0 Å². The van der Waals surface area contributed by atoms with Crippen molar-refractivity contribution in [3.05, 3.63) is 38.8 Å². The fourth-order valence-electron chi connectivity index (χ4n) is 3.16. The van der Waals surface area contributed by atoms with Gasteiger partial charge in [0.2, 0.25) is 0 Å². The van der Waals surface area contributed by atoms with Gasteiger partial charge in [-0.25, -0.2) is 0 Å². The molecule has 5 nitrogen and oxygen atoms in total. The number of aromatic nitrogens is 1. The van der Waals surface area contributed by atoms with E-state index in [4.69, 9.17) is 9.47 Å². The molecule has 1 aliphatic heterocycles. The predicted octanol–water partition coefficient (Wildman–Crippen LogP) is 2.72. The summed E-state index contributed by atoms with van der Waals surface area (Å²) < 4.78 is 11.2. The summed E-state index contributed by atoms with van der Waals surface area (Å²) >= 11 is 1.28. The molecule has 0 bridgehead atoms. The Bertz CT molecular complexity index is 715. The van der Waals surface area contributed by atoms with E-state index in [9.17, 15) is 4.79 Å². The van der Waals surface area contributed by atoms with Gasteiger partial charge in [0.05, 0.1) is 25.0 Å². The average molecular weight is 334 g/mol. The second kappa shape index (κ2) is 6.86. The summed E-state index contributed by atoms with van der Waals surface area (Å²) in [6.45, 7) is 6.67. The number of thiazole rings is 1. The topological polar surface area (TPSA) is 54.6 Å². The third kappa shape index (κ3) is 3.65. The van der Waals surface area contributed by atoms with Crippen molar-refractivity contribution < 1.29 is 9.47 Å². The van der Waals surface area contributed by atoms with Crippen molar-refractivity contribution >= 4 is 11.3 Å². The number of morpholine rings is 1. The lowest BCUT2D eigenvalue weighted by atomic mass is 10.1. The van der Waals surface area contributed by atoms with Crippen molar-refractivity contribution in [2.45, 2.75) is 32.6 Å². The lowest BCUT2D eigenvalue weighted by Gasteiger charge is -2.35. The zero-order chi connectivity index (χ0) is 16.4. The number of methoxy groups -OCH3 is 1. The molecule has 1 aromatic heterocycles. The summed E-state index contributed by atoms with van der Waals surface area (Å²) in [5, 5.41) is 0. The zero-order valence-electron chi connectivity index (χ0n) is 13.7. The van der Waals surface area contributed by atoms with Crippen molar-refractivity contribution in [2.24, 2.45) is 0 Å². The average Bonchev–Trinajstić information content (AvgIpc) is 2.86. The van der Waals surface area contributed by atoms with Gasteiger partial charge in [-0.05, 0) is 26.0 Å². The van der Waals surface area contributed by atoms with Crippen LogP contribution in [0.25, 0.3) is 11.3 Å². The largest absolute Gasteiger partial charge is 0.496 e. The van der Waals surface area contributed by atoms with Crippen LogP contribution in [-0.4, -0.2) is 42.3 Å². The van der Waals surface area contributed by atoms with E-state index in [0.717, 1.165) is 41.5 Å². The van der Waals surface area contributed by atoms with Gasteiger partial charge in [0.1, 0.15) is 5.75 Å². The van der Waals surface area contributed by atoms with Gasteiger partial charge in [-0.1, -0.05) is 23.5 Å². The third-order valence-corrected chi connectivity index (χ3v) is 4.83. The monoisotopic (exact) mass is 334 g/mol. The quantitative estimate of drug-likeness (QED) is 0.934. The summed E-state index contributed by atoms with van der Waals surface area (Å²) in [5.74, 6) is 0.770. The van der Waals surface area contributed by atoms with Crippen LogP contribution in [0, 0.1) is 0 Å². The van der Waals surface area contributed by atoms with Gasteiger partial charge < -0.3 is 14.5 Å². The van der Waals surface area contributed by atoms with Crippen molar-refractivity contribution in [2.75, 3.05) is 20.2 Å². The Morgan fingerprint density at radius 1 is 1.30 bits per heavy atom. The molecule has 2 unspecified atom stereocenters. The number of ether oxygens (including phenoxy) is 2. The van der Waals surface area contributed by atoms with Crippen LogP contribution in [0.3, 0.4) is 0 Å². The lowest BCUT2D eigenvalue weighted by molar-refractivity contribution is -0.0702. The van der Waals surface area contributed by atoms with Crippen LogP contribution in [0.4, 0.5) is 0 Å². The molecule has 0 radical (unpaired) electrons. The van der Waals surface area contributed by atoms with E-state index < -0.39 is 0 Å². The van der Waals surface area contributed by atoms with Gasteiger partial charge in [-0.15, -0.1) is 0 Å². The third-order valence-electron chi connectivity index (χ3n) is 3.96. The number of para-hydroxylation sites is 1. The van der Waals surface area contributed by atoms with Gasteiger partial charge in [-0.2, -0.15) is 0 Å². The molecule has 3 rings (SSSR count). The summed E-state index contributed by atoms with van der Waals surface area (Å²) in [7, 11) is 1.65. The molecule has 1 aromatic carbocycles. The van der Waals surface area contributed by atoms with Crippen molar-refractivity contribution in [3.63, 3.8) is 0 Å². The molecule has 6 heteroatoms. The molecule has 0 saturated carbocycles. The standard InChI is InChI=1S/C17H22N2O3S/c1-11-8-19(9-12(2)22-11)10-15-16(18-17(20)23-15)13-6-4-5-7-14(13)21-3/h4-7,11-12H,8-10H2,1-3H3,(H,18,20). The first-order chi connectivity index (χ1) is 11.1. The van der Waals surface area contributed by atoms with Crippen LogP contribution in [0.1, 0.15) is 18.7 Å². The molecule has 2 aromatic rings. The number of hydrogen-bond donors (Lipinski definition) is 1. The van der Waals surface area contributed by atoms with Gasteiger partial charge in [-0.3, -0.25) is 9.69 Å². The van der Waals surface area contributed by atoms with Gasteiger partial charge in [0, 0.05) is 30.1 Å². The molecule has 124 valence electrons. The molecule has 0 aliphatic carbocycles. The molecule has 0 amide bonds. The Kier molecular flexibility index (Phi) is 4.84. The van der Waals surface area contributed by atoms with E-state index in [-0.39, 0.29) is 17.1 Å². The maximum atomic E-state index is 11.9. The molecule has 23 heavy (non-hydrogen) atoms. The minimum atomic E-state index is -0.0322. The summed E-state index contributed by atoms with van der Waals surface area (Å²) in [6.07, 6.45) is 0.424. The first kappa shape index (κ1) is 16.2. The van der Waals surface area contributed by atoms with E-state index in [1.165, 1.54) is 11.3 Å². The normalized spacial score (nSPS) is 22.2. The number of rotatable bonds is 4. The Morgan fingerprint density at radius 3 is 2.70 bits per heavy atom. The fourth-order valence-corrected chi connectivity index (χ4v) is 4.04. The second-order valence-corrected chi connectivity index (χ2v) is 7.03. The van der Waals surface area contributed by atoms with E-state index in [0.29, 0.717) is 0 Å². The Hall–Kier alpha value is -1.63. The number of aromatic amines is 1. The molecular weight excluding hydrogens is 312 g/mol. The molecule has 1 fully saturated rings. The summed E-state index contributed by atoms with van der Waals surface area (Å²) in [5.41, 5.74) is 1.79. The minimum Gasteiger partial charge on any atom is -0.496 e. The van der Waals surface area contributed by atoms with Crippen molar-refractivity contribution in [1.29, 1.82) is 0 Å². The van der Waals surface area contributed by atoms with E-state index in [1.807, 2.05) is 24.3 Å². The van der Waals surface area contributed by atoms with Crippen LogP contribution in [-0.2, 0) is 11.3 Å². The van der Waals surface area contributed by atoms with Crippen LogP contribution < -0.4 is 9.61 Å². The zero-order valence-corrected chi connectivity index (χ0v) is 14.5. The molecule has 2 atom stereocenters. The number of hydrogen-bond acceptors (Lipinski definition) is 5. The number of nitrogens with zero attached hydrogens (tertiary/aromatic N) is 1. The van der Waals surface area contributed by atoms with Gasteiger partial charge >= 0.3 is 4.87 Å². The highest BCUT2D eigenvalue weighted by molar-refractivity contribution is 7.09. The van der Waals surface area contributed by atoms with Gasteiger partial charge in [0.15, 0.2) is 0 Å². The first-order valence-corrected chi connectivity index (χ1v) is 8.61. The summed E-state index contributed by atoms with van der Waals surface area (Å²) in [6, 6.07) is 7.77. The molecular formula is C17H22N2O3S. The van der Waals surface area contributed by atoms with E-state index >= 15 is 0 Å². The smallest absolute Gasteiger partial charge is 0.305 e. The Labute approximate surface area is 139 Å². The SMILES string of the molecule is COc1ccccc1-c1[nH]c(=O)sc1CN1CC(C)OC(C)C1. The first-order valence-electron chi connectivity index (χ1n) is 7.80. The van der Waals surface area contributed by atoms with Crippen molar-refractivity contribution in [1.82, 2.24) is 9.88 Å². The highest BCUT2D eigenvalue weighted by Gasteiger charge is 2.24. The summed E-state index contributed by atoms with van der Waals surface area (Å²) in [4.78, 5) is 18.3. The molecule has 1 N–H and O–H groups in total. The maximum Gasteiger partial charge on any atom is 0.305 e. The Balaban J connectivity index is 1.90. The molecule has 1 aliphatic rings. The lowest BCUT2D eigenvalue weighted by Crippen LogP contribution is -2.44. The predicted molar refractivity (Wildman–Crippen MR) is 92.2 cm³/mol. The molecule has 0 spiro atoms. The van der Waals surface area contributed by atoms with Crippen LogP contribution in [0.15, 0.2) is 29.1 Å². The molecule has 1 saturated heterocycles. The highest BCUT2D eigenvalue weighted by atomic mass is 32.1. The van der Waals surface area contributed by atoms with E-state index in [1.54, 1.807) is 7.11 Å². The van der Waals surface area contributed by atoms with Gasteiger partial charge in [0.25, 0.3) is 0 Å². The maximum absolute atomic E-state index is 11.9. The number of nitrogens with one attached hydrogen (secondary N) is 1. The second-order valence-electron chi connectivity index (χ2n) is 5.96. The molecule has 2 heterocycles. The number of H-pyrrole nitrogens is 1. The Morgan fingerprint density at radius 2 is 2.00 bits per heavy atom. The minimum absolute atomic E-state index is 0.0322. The highest BCUT2D eigenvalue weighted by Crippen LogP contribution is 2.32. The van der Waals surface area contributed by atoms with Crippen LogP contribution in [0.2, 0.25) is 0 Å². The van der Waals surface area contributed by atoms with Crippen LogP contribution >= 0.6 is 11.3 Å².